The Labute approximate surface area is 119 Å². The Morgan fingerprint density at radius 3 is 2.60 bits per heavy atom. The van der Waals surface area contributed by atoms with Gasteiger partial charge in [-0.05, 0) is 18.6 Å². The molecule has 20 heavy (non-hydrogen) atoms. The highest BCUT2D eigenvalue weighted by Gasteiger charge is 2.31. The van der Waals surface area contributed by atoms with Gasteiger partial charge in [-0.2, -0.15) is 8.42 Å². The topological polar surface area (TPSA) is 75.7 Å². The Kier molecular flexibility index (Phi) is 4.61. The van der Waals surface area contributed by atoms with E-state index in [1.165, 1.54) is 7.11 Å². The molecule has 2 rings (SSSR count). The van der Waals surface area contributed by atoms with Gasteiger partial charge in [-0.15, -0.1) is 0 Å². The summed E-state index contributed by atoms with van der Waals surface area (Å²) in [7, 11) is -1.19. The van der Waals surface area contributed by atoms with Gasteiger partial charge in [0.05, 0.1) is 12.0 Å². The first-order valence-electron chi connectivity index (χ1n) is 6.45. The smallest absolute Gasteiger partial charge is 0.318 e. The van der Waals surface area contributed by atoms with Crippen molar-refractivity contribution in [2.24, 2.45) is 5.92 Å². The van der Waals surface area contributed by atoms with Crippen LogP contribution in [-0.4, -0.2) is 57.4 Å². The fourth-order valence-corrected chi connectivity index (χ4v) is 3.29. The van der Waals surface area contributed by atoms with Crippen LogP contribution in [-0.2, 0) is 19.8 Å². The third-order valence-electron chi connectivity index (χ3n) is 3.58. The van der Waals surface area contributed by atoms with E-state index in [1.54, 1.807) is 13.0 Å². The van der Waals surface area contributed by atoms with Crippen LogP contribution in [0.2, 0.25) is 0 Å². The van der Waals surface area contributed by atoms with E-state index in [9.17, 15) is 13.2 Å². The first kappa shape index (κ1) is 14.8. The van der Waals surface area contributed by atoms with Crippen LogP contribution in [0.25, 0.3) is 0 Å². The molecule has 0 amide bonds. The highest BCUT2D eigenvalue weighted by atomic mass is 32.2. The van der Waals surface area contributed by atoms with Gasteiger partial charge in [0.2, 0.25) is 10.3 Å². The van der Waals surface area contributed by atoms with E-state index in [0.717, 1.165) is 31.9 Å². The predicted molar refractivity (Wildman–Crippen MR) is 75.7 cm³/mol. The molecule has 1 heterocycles. The third kappa shape index (κ3) is 2.78. The molecule has 0 saturated carbocycles. The lowest BCUT2D eigenvalue weighted by atomic mass is 9.92. The van der Waals surface area contributed by atoms with E-state index in [4.69, 9.17) is 0 Å². The second-order valence-corrected chi connectivity index (χ2v) is 5.62. The Bertz CT molecular complexity index is 590. The molecule has 0 spiro atoms. The number of piperazine rings is 1. The van der Waals surface area contributed by atoms with Crippen molar-refractivity contribution < 1.29 is 17.9 Å². The zero-order chi connectivity index (χ0) is 14.7. The number of methoxy groups -OCH3 is 1. The maximum atomic E-state index is 11.7. The minimum atomic E-state index is -2.45. The number of esters is 1. The first-order chi connectivity index (χ1) is 9.56. The molecule has 7 heteroatoms. The second-order valence-electron chi connectivity index (χ2n) is 4.71. The molecule has 1 saturated heterocycles. The van der Waals surface area contributed by atoms with Crippen molar-refractivity contribution in [2.45, 2.75) is 6.92 Å². The number of ether oxygens (including phenoxy) is 1. The molecule has 1 aliphatic heterocycles. The summed E-state index contributed by atoms with van der Waals surface area (Å²) in [6.07, 6.45) is 3.42. The molecule has 0 aromatic carbocycles. The number of carbonyl (C=O) groups is 1. The van der Waals surface area contributed by atoms with Crippen LogP contribution in [0.5, 0.6) is 0 Å². The van der Waals surface area contributed by atoms with Crippen molar-refractivity contribution in [1.82, 2.24) is 10.2 Å². The van der Waals surface area contributed by atoms with E-state index in [2.05, 4.69) is 15.0 Å². The number of hydrogen-bond donors (Lipinski definition) is 1. The van der Waals surface area contributed by atoms with Crippen LogP contribution < -0.4 is 5.32 Å². The van der Waals surface area contributed by atoms with Crippen LogP contribution in [0.3, 0.4) is 0 Å². The number of carbonyl (C=O) groups excluding carboxylic acids is 1. The molecule has 1 unspecified atom stereocenters. The lowest BCUT2D eigenvalue weighted by Gasteiger charge is -2.33. The van der Waals surface area contributed by atoms with Gasteiger partial charge in [0.25, 0.3) is 0 Å². The average Bonchev–Trinajstić information content (AvgIpc) is 2.46. The van der Waals surface area contributed by atoms with E-state index in [1.807, 2.05) is 6.08 Å². The van der Waals surface area contributed by atoms with Crippen molar-refractivity contribution in [3.63, 3.8) is 0 Å². The molecule has 1 aliphatic carbocycles. The molecule has 1 atom stereocenters. The minimum Gasteiger partial charge on any atom is -0.468 e. The monoisotopic (exact) mass is 298 g/mol. The van der Waals surface area contributed by atoms with Crippen molar-refractivity contribution in [1.29, 1.82) is 0 Å². The highest BCUT2D eigenvalue weighted by Crippen LogP contribution is 2.24. The summed E-state index contributed by atoms with van der Waals surface area (Å²) in [4.78, 5) is 13.9. The zero-order valence-electron chi connectivity index (χ0n) is 11.5. The summed E-state index contributed by atoms with van der Waals surface area (Å²) in [5.74, 6) is -1.40. The van der Waals surface area contributed by atoms with Gasteiger partial charge in [-0.25, -0.2) is 0 Å². The van der Waals surface area contributed by atoms with Crippen LogP contribution in [0.4, 0.5) is 0 Å². The van der Waals surface area contributed by atoms with Gasteiger partial charge in [0, 0.05) is 31.9 Å². The zero-order valence-corrected chi connectivity index (χ0v) is 12.4. The van der Waals surface area contributed by atoms with E-state index >= 15 is 0 Å². The standard InChI is InChI=1S/C13H18N2O4S/c1-9-11(15-7-5-14-6-8-15)4-3-10(13(16)19-2)12(9)20(17)18/h3-4,10,14H,5-8H2,1-2H3. The van der Waals surface area contributed by atoms with Gasteiger partial charge in [0.1, 0.15) is 5.92 Å². The first-order valence-corrected chi connectivity index (χ1v) is 7.52. The number of nitrogens with zero attached hydrogens (tertiary/aromatic N) is 1. The van der Waals surface area contributed by atoms with Crippen LogP contribution in [0.15, 0.2) is 23.4 Å². The summed E-state index contributed by atoms with van der Waals surface area (Å²) in [5.41, 5.74) is 1.49. The fraction of sp³-hybridized carbons (Fsp3) is 0.538. The van der Waals surface area contributed by atoms with Crippen molar-refractivity contribution >= 4 is 21.1 Å². The van der Waals surface area contributed by atoms with Gasteiger partial charge in [0.15, 0.2) is 0 Å². The lowest BCUT2D eigenvalue weighted by Crippen LogP contribution is -2.44. The predicted octanol–water partition coefficient (Wildman–Crippen LogP) is -0.424. The number of allylic oxidation sites excluding steroid dienone is 2. The normalized spacial score (nSPS) is 23.0. The Morgan fingerprint density at radius 2 is 2.05 bits per heavy atom. The van der Waals surface area contributed by atoms with Crippen LogP contribution >= 0.6 is 0 Å². The Hall–Kier alpha value is -1.60. The molecule has 110 valence electrons. The quantitative estimate of drug-likeness (QED) is 0.551. The largest absolute Gasteiger partial charge is 0.468 e. The molecule has 0 radical (unpaired) electrons. The Balaban J connectivity index is 2.41. The lowest BCUT2D eigenvalue weighted by molar-refractivity contribution is -0.141. The molecule has 2 aliphatic rings. The summed E-state index contributed by atoms with van der Waals surface area (Å²) in [6.45, 7) is 5.10. The van der Waals surface area contributed by atoms with Gasteiger partial charge < -0.3 is 15.0 Å². The van der Waals surface area contributed by atoms with Gasteiger partial charge in [-0.3, -0.25) is 4.79 Å². The maximum absolute atomic E-state index is 11.7. The molecular formula is C13H18N2O4S. The SMILES string of the molecule is COC(=O)C1C=CC(N2CCNCC2)=C(C)C1=S(=O)=O. The minimum absolute atomic E-state index is 0.105. The fourth-order valence-electron chi connectivity index (χ4n) is 2.55. The maximum Gasteiger partial charge on any atom is 0.318 e. The number of nitrogens with one attached hydrogen (secondary N) is 1. The summed E-state index contributed by atoms with van der Waals surface area (Å²) in [5, 5.41) is 3.25. The van der Waals surface area contributed by atoms with Crippen molar-refractivity contribution in [2.75, 3.05) is 33.3 Å². The molecule has 0 aromatic heterocycles. The third-order valence-corrected chi connectivity index (χ3v) is 4.49. The Morgan fingerprint density at radius 1 is 1.40 bits per heavy atom. The molecular weight excluding hydrogens is 280 g/mol. The van der Waals surface area contributed by atoms with E-state index in [0.29, 0.717) is 5.57 Å². The van der Waals surface area contributed by atoms with E-state index < -0.39 is 22.2 Å². The molecule has 1 N–H and O–H groups in total. The summed E-state index contributed by atoms with van der Waals surface area (Å²) >= 11 is 0. The summed E-state index contributed by atoms with van der Waals surface area (Å²) in [6, 6.07) is 0. The van der Waals surface area contributed by atoms with E-state index in [-0.39, 0.29) is 4.86 Å². The molecule has 6 nitrogen and oxygen atoms in total. The number of rotatable bonds is 2. The van der Waals surface area contributed by atoms with Crippen molar-refractivity contribution in [3.05, 3.63) is 23.4 Å². The van der Waals surface area contributed by atoms with Crippen molar-refractivity contribution in [3.8, 4) is 0 Å². The molecule has 0 aromatic rings. The molecule has 1 fully saturated rings. The van der Waals surface area contributed by atoms with Gasteiger partial charge >= 0.3 is 5.97 Å². The molecule has 0 bridgehead atoms. The van der Waals surface area contributed by atoms with Crippen LogP contribution in [0, 0.1) is 5.92 Å². The summed E-state index contributed by atoms with van der Waals surface area (Å²) < 4.78 is 27.6. The number of hydrogen-bond acceptors (Lipinski definition) is 6. The van der Waals surface area contributed by atoms with Crippen LogP contribution in [0.1, 0.15) is 6.92 Å². The highest BCUT2D eigenvalue weighted by molar-refractivity contribution is 7.73. The second kappa shape index (κ2) is 6.23. The van der Waals surface area contributed by atoms with Gasteiger partial charge in [-0.1, -0.05) is 6.08 Å². The average molecular weight is 298 g/mol.